The molecule has 276 valence electrons. The van der Waals surface area contributed by atoms with Crippen LogP contribution in [0.1, 0.15) is 59.8 Å². The van der Waals surface area contributed by atoms with Gasteiger partial charge in [0.15, 0.2) is 11.5 Å². The summed E-state index contributed by atoms with van der Waals surface area (Å²) in [4.78, 5) is 0. The number of hydrogen-bond donors (Lipinski definition) is 0. The lowest BCUT2D eigenvalue weighted by Crippen LogP contribution is -2.17. The van der Waals surface area contributed by atoms with Gasteiger partial charge < -0.3 is 28.4 Å². The van der Waals surface area contributed by atoms with Crippen molar-refractivity contribution in [3.63, 3.8) is 0 Å². The summed E-state index contributed by atoms with van der Waals surface area (Å²) in [5, 5.41) is 0. The number of rotatable bonds is 16. The van der Waals surface area contributed by atoms with Crippen LogP contribution in [0.25, 0.3) is 0 Å². The van der Waals surface area contributed by atoms with E-state index in [1.54, 1.807) is 6.08 Å². The van der Waals surface area contributed by atoms with Gasteiger partial charge in [0.1, 0.15) is 56.4 Å². The quantitative estimate of drug-likeness (QED) is 0.0928. The second-order valence-electron chi connectivity index (χ2n) is 12.6. The van der Waals surface area contributed by atoms with Crippen LogP contribution in [-0.4, -0.2) is 6.61 Å². The maximum absolute atomic E-state index is 6.83. The average molecular weight is 721 g/mol. The molecule has 1 aliphatic heterocycles. The van der Waals surface area contributed by atoms with Gasteiger partial charge in [-0.15, -0.1) is 0 Å². The highest BCUT2D eigenvalue weighted by molar-refractivity contribution is 5.56. The first-order valence-corrected chi connectivity index (χ1v) is 18.6. The van der Waals surface area contributed by atoms with Crippen LogP contribution in [0.5, 0.6) is 34.5 Å². The van der Waals surface area contributed by atoms with Crippen LogP contribution in [-0.2, 0) is 32.8 Å². The molecular formula is C48H48O6. The maximum Gasteiger partial charge on any atom is 0.203 e. The molecule has 0 aliphatic carbocycles. The minimum absolute atomic E-state index is 0.287. The van der Waals surface area contributed by atoms with Crippen LogP contribution in [0.3, 0.4) is 0 Å². The normalized spacial score (nSPS) is 12.9. The van der Waals surface area contributed by atoms with Crippen molar-refractivity contribution in [2.75, 3.05) is 6.61 Å². The Morgan fingerprint density at radius 2 is 1.00 bits per heavy atom. The van der Waals surface area contributed by atoms with E-state index in [0.29, 0.717) is 56.0 Å². The Balaban J connectivity index is 0.00000245. The van der Waals surface area contributed by atoms with Crippen LogP contribution in [0.15, 0.2) is 158 Å². The van der Waals surface area contributed by atoms with Gasteiger partial charge in [-0.3, -0.25) is 0 Å². The molecule has 1 aliphatic rings. The molecule has 1 heterocycles. The van der Waals surface area contributed by atoms with E-state index in [4.69, 9.17) is 28.4 Å². The lowest BCUT2D eigenvalue weighted by atomic mass is 9.96. The molecule has 0 bridgehead atoms. The molecule has 0 N–H and O–H groups in total. The van der Waals surface area contributed by atoms with Crippen molar-refractivity contribution >= 4 is 0 Å². The number of hydrogen-bond acceptors (Lipinski definition) is 6. The van der Waals surface area contributed by atoms with E-state index in [1.807, 2.05) is 135 Å². The molecule has 0 saturated carbocycles. The van der Waals surface area contributed by atoms with Gasteiger partial charge in [-0.05, 0) is 52.8 Å². The van der Waals surface area contributed by atoms with Gasteiger partial charge in [0.05, 0.1) is 0 Å². The second kappa shape index (κ2) is 19.6. The summed E-state index contributed by atoms with van der Waals surface area (Å²) in [6.07, 6.45) is 2.90. The van der Waals surface area contributed by atoms with Crippen LogP contribution in [0, 0.1) is 0 Å². The van der Waals surface area contributed by atoms with Crippen LogP contribution in [0.2, 0.25) is 0 Å². The Labute approximate surface area is 319 Å². The third-order valence-corrected chi connectivity index (χ3v) is 8.79. The van der Waals surface area contributed by atoms with E-state index < -0.39 is 0 Å². The minimum atomic E-state index is -0.287. The zero-order chi connectivity index (χ0) is 37.4. The predicted octanol–water partition coefficient (Wildman–Crippen LogP) is 11.7. The molecule has 0 saturated heterocycles. The smallest absolute Gasteiger partial charge is 0.203 e. The Kier molecular flexibility index (Phi) is 13.7. The fourth-order valence-corrected chi connectivity index (χ4v) is 6.11. The molecule has 6 aromatic carbocycles. The van der Waals surface area contributed by atoms with Crippen molar-refractivity contribution in [1.29, 1.82) is 0 Å². The van der Waals surface area contributed by atoms with Crippen molar-refractivity contribution in [2.45, 2.75) is 59.2 Å². The SMILES string of the molecule is C=CCOc1c(OCc2ccccc2)cc([C@@H]2CCc3c(OCc4ccccc4)cc(OCc4ccccc4)cc3O2)cc1OCc1ccccc1.CC. The monoisotopic (exact) mass is 720 g/mol. The molecule has 6 heteroatoms. The fraction of sp³-hybridized carbons (Fsp3) is 0.208. The van der Waals surface area contributed by atoms with E-state index in [0.717, 1.165) is 57.7 Å². The highest BCUT2D eigenvalue weighted by Gasteiger charge is 2.28. The van der Waals surface area contributed by atoms with Crippen LogP contribution < -0.4 is 28.4 Å². The second-order valence-corrected chi connectivity index (χ2v) is 12.6. The Morgan fingerprint density at radius 3 is 1.46 bits per heavy atom. The highest BCUT2D eigenvalue weighted by atomic mass is 16.5. The summed E-state index contributed by atoms with van der Waals surface area (Å²) in [6.45, 7) is 9.76. The molecule has 0 aromatic heterocycles. The molecule has 7 rings (SSSR count). The van der Waals surface area contributed by atoms with E-state index in [2.05, 4.69) is 30.8 Å². The molecule has 1 atom stereocenters. The zero-order valence-corrected chi connectivity index (χ0v) is 31.1. The lowest BCUT2D eigenvalue weighted by Gasteiger charge is -2.29. The number of fused-ring (bicyclic) bond motifs is 1. The Morgan fingerprint density at radius 1 is 0.556 bits per heavy atom. The van der Waals surface area contributed by atoms with Crippen molar-refractivity contribution in [3.05, 3.63) is 192 Å². The predicted molar refractivity (Wildman–Crippen MR) is 215 cm³/mol. The largest absolute Gasteiger partial charge is 0.489 e. The van der Waals surface area contributed by atoms with E-state index in [1.165, 1.54) is 0 Å². The zero-order valence-electron chi connectivity index (χ0n) is 31.1. The van der Waals surface area contributed by atoms with E-state index in [-0.39, 0.29) is 6.10 Å². The van der Waals surface area contributed by atoms with Crippen molar-refractivity contribution in [3.8, 4) is 34.5 Å². The molecule has 6 aromatic rings. The summed E-state index contributed by atoms with van der Waals surface area (Å²) in [6, 6.07) is 48.4. The molecule has 54 heavy (non-hydrogen) atoms. The van der Waals surface area contributed by atoms with Gasteiger partial charge in [-0.25, -0.2) is 0 Å². The highest BCUT2D eigenvalue weighted by Crippen LogP contribution is 2.47. The van der Waals surface area contributed by atoms with Crippen molar-refractivity contribution in [2.24, 2.45) is 0 Å². The molecule has 0 unspecified atom stereocenters. The molecule has 0 fully saturated rings. The van der Waals surface area contributed by atoms with Gasteiger partial charge >= 0.3 is 0 Å². The number of benzene rings is 6. The van der Waals surface area contributed by atoms with E-state index in [9.17, 15) is 0 Å². The van der Waals surface area contributed by atoms with Gasteiger partial charge in [0.25, 0.3) is 0 Å². The maximum atomic E-state index is 6.83. The summed E-state index contributed by atoms with van der Waals surface area (Å²) >= 11 is 0. The summed E-state index contributed by atoms with van der Waals surface area (Å²) in [7, 11) is 0. The van der Waals surface area contributed by atoms with Gasteiger partial charge in [0.2, 0.25) is 5.75 Å². The van der Waals surface area contributed by atoms with Gasteiger partial charge in [0, 0.05) is 17.7 Å². The average Bonchev–Trinajstić information content (AvgIpc) is 3.24. The minimum Gasteiger partial charge on any atom is -0.489 e. The molecule has 0 amide bonds. The first-order chi connectivity index (χ1) is 26.7. The van der Waals surface area contributed by atoms with E-state index >= 15 is 0 Å². The van der Waals surface area contributed by atoms with Crippen molar-refractivity contribution < 1.29 is 28.4 Å². The first-order valence-electron chi connectivity index (χ1n) is 18.6. The third kappa shape index (κ3) is 10.3. The van der Waals surface area contributed by atoms with Crippen molar-refractivity contribution in [1.82, 2.24) is 0 Å². The first kappa shape index (κ1) is 37.6. The standard InChI is InChI=1S/C46H42O6.C2H6/c1-2-25-47-46-44(50-32-36-19-11-5-12-20-36)26-38(27-45(46)51-33-37-21-13-6-14-22-37)41-24-23-40-42(49-31-35-17-9-4-10-18-35)28-39(29-43(40)52-41)48-30-34-15-7-3-8-16-34;1-2/h2-22,26-29,41H,1,23-25,30-33H2;1-2H3/t41-;/m0./s1. The van der Waals surface area contributed by atoms with Gasteiger partial charge in [-0.1, -0.05) is 148 Å². The van der Waals surface area contributed by atoms with Crippen LogP contribution >= 0.6 is 0 Å². The summed E-state index contributed by atoms with van der Waals surface area (Å²) in [5.41, 5.74) is 6.20. The molecule has 0 radical (unpaired) electrons. The van der Waals surface area contributed by atoms with Gasteiger partial charge in [-0.2, -0.15) is 0 Å². The molecule has 0 spiro atoms. The fourth-order valence-electron chi connectivity index (χ4n) is 6.11. The Bertz CT molecular complexity index is 1970. The summed E-state index contributed by atoms with van der Waals surface area (Å²) < 4.78 is 38.7. The summed E-state index contributed by atoms with van der Waals surface area (Å²) in [5.74, 6) is 3.85. The third-order valence-electron chi connectivity index (χ3n) is 8.79. The number of ether oxygens (including phenoxy) is 6. The lowest BCUT2D eigenvalue weighted by molar-refractivity contribution is 0.169. The molecule has 6 nitrogen and oxygen atoms in total. The van der Waals surface area contributed by atoms with Crippen LogP contribution in [0.4, 0.5) is 0 Å². The molecular weight excluding hydrogens is 673 g/mol. The Hall–Kier alpha value is -6.14. The topological polar surface area (TPSA) is 55.4 Å².